The molecule has 0 bridgehead atoms. The van der Waals surface area contributed by atoms with Crippen molar-refractivity contribution >= 4 is 0 Å². The number of ether oxygens (including phenoxy) is 1. The van der Waals surface area contributed by atoms with E-state index in [0.29, 0.717) is 12.0 Å². The Morgan fingerprint density at radius 1 is 1.53 bits per heavy atom. The minimum atomic E-state index is 0.293. The van der Waals surface area contributed by atoms with E-state index in [-0.39, 0.29) is 0 Å². The molecule has 0 aromatic carbocycles. The van der Waals surface area contributed by atoms with E-state index in [1.54, 1.807) is 13.3 Å². The van der Waals surface area contributed by atoms with Gasteiger partial charge >= 0.3 is 0 Å². The molecule has 1 saturated heterocycles. The van der Waals surface area contributed by atoms with Crippen molar-refractivity contribution in [2.24, 2.45) is 11.7 Å². The molecule has 1 aromatic heterocycles. The summed E-state index contributed by atoms with van der Waals surface area (Å²) in [4.78, 5) is 6.61. The van der Waals surface area contributed by atoms with Gasteiger partial charge in [0.2, 0.25) is 5.88 Å². The van der Waals surface area contributed by atoms with Crippen molar-refractivity contribution in [1.82, 2.24) is 9.88 Å². The van der Waals surface area contributed by atoms with Crippen molar-refractivity contribution in [3.8, 4) is 5.88 Å². The summed E-state index contributed by atoms with van der Waals surface area (Å²) in [5, 5.41) is 0. The molecule has 1 aliphatic rings. The molecule has 2 heterocycles. The first-order valence-corrected chi connectivity index (χ1v) is 6.15. The third-order valence-corrected chi connectivity index (χ3v) is 3.20. The summed E-state index contributed by atoms with van der Waals surface area (Å²) in [5.41, 5.74) is 7.19. The molecule has 1 aromatic rings. The van der Waals surface area contributed by atoms with Gasteiger partial charge in [-0.1, -0.05) is 13.0 Å². The summed E-state index contributed by atoms with van der Waals surface area (Å²) in [6.45, 7) is 5.19. The highest BCUT2D eigenvalue weighted by Gasteiger charge is 2.22. The number of hydrogen-bond donors (Lipinski definition) is 1. The van der Waals surface area contributed by atoms with Crippen LogP contribution in [-0.4, -0.2) is 36.1 Å². The highest BCUT2D eigenvalue weighted by atomic mass is 16.5. The predicted molar refractivity (Wildman–Crippen MR) is 67.8 cm³/mol. The lowest BCUT2D eigenvalue weighted by molar-refractivity contribution is 0.156. The van der Waals surface area contributed by atoms with Gasteiger partial charge in [0.15, 0.2) is 0 Å². The molecule has 1 aliphatic heterocycles. The minimum absolute atomic E-state index is 0.293. The van der Waals surface area contributed by atoms with Gasteiger partial charge in [-0.3, -0.25) is 4.90 Å². The van der Waals surface area contributed by atoms with Crippen LogP contribution >= 0.6 is 0 Å². The average Bonchev–Trinajstić information content (AvgIpc) is 2.28. The maximum Gasteiger partial charge on any atom is 0.217 e. The Kier molecular flexibility index (Phi) is 3.97. The van der Waals surface area contributed by atoms with Crippen LogP contribution in [0.2, 0.25) is 0 Å². The number of piperidine rings is 1. The van der Waals surface area contributed by atoms with E-state index in [2.05, 4.69) is 22.9 Å². The topological polar surface area (TPSA) is 51.4 Å². The van der Waals surface area contributed by atoms with Gasteiger partial charge in [0.25, 0.3) is 0 Å². The van der Waals surface area contributed by atoms with Crippen molar-refractivity contribution in [1.29, 1.82) is 0 Å². The summed E-state index contributed by atoms with van der Waals surface area (Å²) in [7, 11) is 1.66. The number of hydrogen-bond acceptors (Lipinski definition) is 4. The van der Waals surface area contributed by atoms with Crippen LogP contribution in [0.4, 0.5) is 0 Å². The first kappa shape index (κ1) is 12.3. The maximum absolute atomic E-state index is 6.05. The van der Waals surface area contributed by atoms with Gasteiger partial charge in [-0.25, -0.2) is 4.98 Å². The molecule has 0 radical (unpaired) electrons. The number of aromatic nitrogens is 1. The fourth-order valence-electron chi connectivity index (χ4n) is 2.61. The van der Waals surface area contributed by atoms with Crippen LogP contribution in [0.15, 0.2) is 18.3 Å². The van der Waals surface area contributed by atoms with Crippen LogP contribution in [0, 0.1) is 5.92 Å². The van der Waals surface area contributed by atoms with E-state index in [9.17, 15) is 0 Å². The molecular formula is C13H21N3O. The molecule has 4 nitrogen and oxygen atoms in total. The number of nitrogens with two attached hydrogens (primary N) is 1. The van der Waals surface area contributed by atoms with Crippen molar-refractivity contribution in [2.45, 2.75) is 25.9 Å². The Morgan fingerprint density at radius 3 is 3.06 bits per heavy atom. The predicted octanol–water partition coefficient (Wildman–Crippen LogP) is 1.26. The van der Waals surface area contributed by atoms with E-state index in [1.807, 2.05) is 6.07 Å². The summed E-state index contributed by atoms with van der Waals surface area (Å²) in [6, 6.07) is 4.31. The van der Waals surface area contributed by atoms with Crippen LogP contribution in [-0.2, 0) is 6.54 Å². The SMILES string of the molecule is COc1ncccc1CN1CC(C)CC(N)C1. The second kappa shape index (κ2) is 5.47. The van der Waals surface area contributed by atoms with E-state index >= 15 is 0 Å². The van der Waals surface area contributed by atoms with Gasteiger partial charge in [0, 0.05) is 37.4 Å². The lowest BCUT2D eigenvalue weighted by atomic mass is 9.96. The first-order chi connectivity index (χ1) is 8.19. The quantitative estimate of drug-likeness (QED) is 0.857. The molecule has 94 valence electrons. The number of nitrogens with zero attached hydrogens (tertiary/aromatic N) is 2. The molecule has 2 N–H and O–H groups in total. The summed E-state index contributed by atoms with van der Waals surface area (Å²) >= 11 is 0. The molecule has 2 unspecified atom stereocenters. The van der Waals surface area contributed by atoms with E-state index in [1.165, 1.54) is 0 Å². The van der Waals surface area contributed by atoms with Gasteiger partial charge in [0.05, 0.1) is 7.11 Å². The molecule has 4 heteroatoms. The smallest absolute Gasteiger partial charge is 0.217 e. The fraction of sp³-hybridized carbons (Fsp3) is 0.615. The van der Waals surface area contributed by atoms with Crippen LogP contribution in [0.25, 0.3) is 0 Å². The van der Waals surface area contributed by atoms with E-state index < -0.39 is 0 Å². The fourth-order valence-corrected chi connectivity index (χ4v) is 2.61. The number of rotatable bonds is 3. The zero-order valence-corrected chi connectivity index (χ0v) is 10.6. The van der Waals surface area contributed by atoms with E-state index in [4.69, 9.17) is 10.5 Å². The molecule has 0 amide bonds. The normalized spacial score (nSPS) is 25.8. The number of pyridine rings is 1. The largest absolute Gasteiger partial charge is 0.481 e. The molecular weight excluding hydrogens is 214 g/mol. The molecule has 0 aliphatic carbocycles. The molecule has 2 rings (SSSR count). The second-order valence-electron chi connectivity index (χ2n) is 4.97. The third-order valence-electron chi connectivity index (χ3n) is 3.20. The zero-order chi connectivity index (χ0) is 12.3. The molecule has 17 heavy (non-hydrogen) atoms. The lowest BCUT2D eigenvalue weighted by Gasteiger charge is -2.34. The second-order valence-corrected chi connectivity index (χ2v) is 4.97. The Bertz CT molecular complexity index is 359. The lowest BCUT2D eigenvalue weighted by Crippen LogP contribution is -2.45. The number of methoxy groups -OCH3 is 1. The van der Waals surface area contributed by atoms with Crippen LogP contribution in [0.3, 0.4) is 0 Å². The van der Waals surface area contributed by atoms with Gasteiger partial charge in [-0.05, 0) is 18.4 Å². The minimum Gasteiger partial charge on any atom is -0.481 e. The van der Waals surface area contributed by atoms with Crippen molar-refractivity contribution < 1.29 is 4.74 Å². The van der Waals surface area contributed by atoms with Crippen LogP contribution in [0.1, 0.15) is 18.9 Å². The first-order valence-electron chi connectivity index (χ1n) is 6.15. The highest BCUT2D eigenvalue weighted by molar-refractivity contribution is 5.25. The Hall–Kier alpha value is -1.13. The van der Waals surface area contributed by atoms with Gasteiger partial charge in [0.1, 0.15) is 0 Å². The Balaban J connectivity index is 2.04. The summed E-state index contributed by atoms with van der Waals surface area (Å²) in [5.74, 6) is 1.39. The third kappa shape index (κ3) is 3.17. The van der Waals surface area contributed by atoms with Crippen molar-refractivity contribution in [3.05, 3.63) is 23.9 Å². The molecule has 1 fully saturated rings. The summed E-state index contributed by atoms with van der Waals surface area (Å²) in [6.07, 6.45) is 2.88. The molecule has 2 atom stereocenters. The maximum atomic E-state index is 6.05. The molecule has 0 spiro atoms. The highest BCUT2D eigenvalue weighted by Crippen LogP contribution is 2.21. The van der Waals surface area contributed by atoms with Gasteiger partial charge in [-0.2, -0.15) is 0 Å². The van der Waals surface area contributed by atoms with Crippen LogP contribution in [0.5, 0.6) is 5.88 Å². The average molecular weight is 235 g/mol. The standard InChI is InChI=1S/C13H21N3O/c1-10-6-12(14)9-16(7-10)8-11-4-3-5-15-13(11)17-2/h3-5,10,12H,6-9,14H2,1-2H3. The van der Waals surface area contributed by atoms with Gasteiger partial charge < -0.3 is 10.5 Å². The van der Waals surface area contributed by atoms with Crippen LogP contribution < -0.4 is 10.5 Å². The van der Waals surface area contributed by atoms with E-state index in [0.717, 1.165) is 37.5 Å². The summed E-state index contributed by atoms with van der Waals surface area (Å²) < 4.78 is 5.27. The van der Waals surface area contributed by atoms with Gasteiger partial charge in [-0.15, -0.1) is 0 Å². The Morgan fingerprint density at radius 2 is 2.35 bits per heavy atom. The van der Waals surface area contributed by atoms with Crippen molar-refractivity contribution in [2.75, 3.05) is 20.2 Å². The zero-order valence-electron chi connectivity index (χ0n) is 10.6. The van der Waals surface area contributed by atoms with Crippen molar-refractivity contribution in [3.63, 3.8) is 0 Å². The monoisotopic (exact) mass is 235 g/mol. The molecule has 0 saturated carbocycles. The number of likely N-dealkylation sites (tertiary alicyclic amines) is 1. The Labute approximate surface area is 103 Å².